The van der Waals surface area contributed by atoms with Crippen LogP contribution in [-0.4, -0.2) is 23.9 Å². The maximum absolute atomic E-state index is 12.5. The van der Waals surface area contributed by atoms with E-state index >= 15 is 0 Å². The zero-order valence-electron chi connectivity index (χ0n) is 15.1. The lowest BCUT2D eigenvalue weighted by Crippen LogP contribution is -2.25. The van der Waals surface area contributed by atoms with E-state index in [4.69, 9.17) is 9.47 Å². The molecule has 142 valence electrons. The van der Waals surface area contributed by atoms with E-state index in [1.165, 1.54) is 4.57 Å². The number of carbonyl (C=O) groups excluding carboxylic acids is 1. The molecule has 0 bridgehead atoms. The first-order valence-corrected chi connectivity index (χ1v) is 8.65. The number of halogens is 1. The zero-order valence-corrected chi connectivity index (χ0v) is 15.1. The number of aryl methyl sites for hydroxylation is 1. The number of hydrogen-bond acceptors (Lipinski definition) is 4. The van der Waals surface area contributed by atoms with Gasteiger partial charge in [-0.25, -0.2) is 4.39 Å². The highest BCUT2D eigenvalue weighted by molar-refractivity contribution is 5.96. The summed E-state index contributed by atoms with van der Waals surface area (Å²) in [6.07, 6.45) is 1.76. The molecule has 3 aromatic rings. The fraction of sp³-hybridized carbons (Fsp3) is 0.143. The van der Waals surface area contributed by atoms with Crippen molar-refractivity contribution in [3.63, 3.8) is 0 Å². The van der Waals surface area contributed by atoms with Crippen molar-refractivity contribution in [1.29, 1.82) is 0 Å². The topological polar surface area (TPSA) is 69.6 Å². The number of carbonyl (C=O) groups is 1. The molecule has 0 atom stereocenters. The Bertz CT molecular complexity index is 1110. The van der Waals surface area contributed by atoms with E-state index in [1.807, 2.05) is 19.1 Å². The van der Waals surface area contributed by atoms with Gasteiger partial charge in [-0.05, 0) is 54.4 Å². The van der Waals surface area contributed by atoms with Gasteiger partial charge >= 0.3 is 0 Å². The van der Waals surface area contributed by atoms with Crippen molar-refractivity contribution in [2.24, 2.45) is 0 Å². The predicted octanol–water partition coefficient (Wildman–Crippen LogP) is 3.45. The van der Waals surface area contributed by atoms with E-state index in [2.05, 4.69) is 5.32 Å². The van der Waals surface area contributed by atoms with E-state index < -0.39 is 6.86 Å². The summed E-state index contributed by atoms with van der Waals surface area (Å²) in [5.41, 5.74) is 3.61. The van der Waals surface area contributed by atoms with Crippen LogP contribution in [-0.2, 0) is 4.79 Å². The van der Waals surface area contributed by atoms with Crippen LogP contribution in [0.5, 0.6) is 11.5 Å². The van der Waals surface area contributed by atoms with Crippen LogP contribution in [0.15, 0.2) is 59.5 Å². The Morgan fingerprint density at radius 2 is 1.93 bits per heavy atom. The van der Waals surface area contributed by atoms with Crippen molar-refractivity contribution in [3.8, 4) is 28.3 Å². The maximum Gasteiger partial charge on any atom is 0.262 e. The standard InChI is InChI=1S/C21H17FN2O4/c1-13-8-21(26)24(15-3-5-16(6-4-15)28-12-22)10-17(13)14-2-7-18-19(9-14)27-11-20(25)23-18/h2-10H,11-12H2,1H3,(H,23,25). The maximum atomic E-state index is 12.5. The number of ether oxygens (including phenoxy) is 2. The van der Waals surface area contributed by atoms with Crippen molar-refractivity contribution in [3.05, 3.63) is 70.6 Å². The number of nitrogens with one attached hydrogen (secondary N) is 1. The molecule has 0 unspecified atom stereocenters. The van der Waals surface area contributed by atoms with Crippen molar-refractivity contribution in [2.45, 2.75) is 6.92 Å². The third kappa shape index (κ3) is 3.34. The van der Waals surface area contributed by atoms with Crippen LogP contribution in [0.1, 0.15) is 5.56 Å². The van der Waals surface area contributed by atoms with E-state index in [1.54, 1.807) is 42.6 Å². The van der Waals surface area contributed by atoms with Crippen LogP contribution < -0.4 is 20.3 Å². The minimum absolute atomic E-state index is 0.0256. The van der Waals surface area contributed by atoms with Crippen molar-refractivity contribution < 1.29 is 18.7 Å². The first-order valence-electron chi connectivity index (χ1n) is 8.65. The fourth-order valence-corrected chi connectivity index (χ4v) is 3.14. The molecule has 4 rings (SSSR count). The number of aromatic nitrogens is 1. The zero-order chi connectivity index (χ0) is 19.7. The number of rotatable bonds is 4. The molecular formula is C21H17FN2O4. The van der Waals surface area contributed by atoms with Gasteiger partial charge in [-0.1, -0.05) is 6.07 Å². The summed E-state index contributed by atoms with van der Waals surface area (Å²) in [6, 6.07) is 13.6. The third-order valence-corrected chi connectivity index (χ3v) is 4.52. The predicted molar refractivity (Wildman–Crippen MR) is 103 cm³/mol. The van der Waals surface area contributed by atoms with Crippen molar-refractivity contribution >= 4 is 11.6 Å². The molecule has 0 spiro atoms. The summed E-state index contributed by atoms with van der Waals surface area (Å²) in [5, 5.41) is 2.76. The van der Waals surface area contributed by atoms with Crippen LogP contribution in [0.25, 0.3) is 16.8 Å². The number of pyridine rings is 1. The molecule has 1 N–H and O–H groups in total. The van der Waals surface area contributed by atoms with Crippen LogP contribution in [0, 0.1) is 6.92 Å². The number of anilines is 1. The molecule has 2 heterocycles. The first kappa shape index (κ1) is 17.8. The Morgan fingerprint density at radius 1 is 1.14 bits per heavy atom. The van der Waals surface area contributed by atoms with Gasteiger partial charge in [0.1, 0.15) is 11.5 Å². The van der Waals surface area contributed by atoms with E-state index in [9.17, 15) is 14.0 Å². The smallest absolute Gasteiger partial charge is 0.262 e. The molecule has 1 amide bonds. The lowest BCUT2D eigenvalue weighted by molar-refractivity contribution is -0.118. The number of nitrogens with zero attached hydrogens (tertiary/aromatic N) is 1. The van der Waals surface area contributed by atoms with Crippen LogP contribution in [0.2, 0.25) is 0 Å². The molecule has 0 fully saturated rings. The Morgan fingerprint density at radius 3 is 2.68 bits per heavy atom. The normalized spacial score (nSPS) is 12.7. The molecule has 0 aliphatic carbocycles. The first-order chi connectivity index (χ1) is 13.5. The average Bonchev–Trinajstić information content (AvgIpc) is 2.69. The molecule has 0 saturated heterocycles. The Balaban J connectivity index is 1.75. The van der Waals surface area contributed by atoms with Crippen LogP contribution >= 0.6 is 0 Å². The molecule has 1 aliphatic rings. The van der Waals surface area contributed by atoms with Gasteiger partial charge in [0.05, 0.1) is 5.69 Å². The average molecular weight is 380 g/mol. The summed E-state index contributed by atoms with van der Waals surface area (Å²) in [6.45, 7) is 0.929. The number of benzene rings is 2. The Hall–Kier alpha value is -3.61. The summed E-state index contributed by atoms with van der Waals surface area (Å²) >= 11 is 0. The van der Waals surface area contributed by atoms with Gasteiger partial charge in [0.25, 0.3) is 11.5 Å². The minimum Gasteiger partial charge on any atom is -0.482 e. The van der Waals surface area contributed by atoms with Gasteiger partial charge in [0.15, 0.2) is 6.61 Å². The lowest BCUT2D eigenvalue weighted by Gasteiger charge is -2.19. The van der Waals surface area contributed by atoms with E-state index in [0.29, 0.717) is 22.9 Å². The number of fused-ring (bicyclic) bond motifs is 1. The van der Waals surface area contributed by atoms with Gasteiger partial charge in [-0.15, -0.1) is 0 Å². The number of amides is 1. The molecule has 0 saturated carbocycles. The van der Waals surface area contributed by atoms with Crippen LogP contribution in [0.3, 0.4) is 0 Å². The summed E-state index contributed by atoms with van der Waals surface area (Å²) < 4.78 is 24.1. The largest absolute Gasteiger partial charge is 0.482 e. The van der Waals surface area contributed by atoms with Crippen molar-refractivity contribution in [1.82, 2.24) is 4.57 Å². The van der Waals surface area contributed by atoms with Crippen LogP contribution in [0.4, 0.5) is 10.1 Å². The molecule has 6 nitrogen and oxygen atoms in total. The minimum atomic E-state index is -0.908. The van der Waals surface area contributed by atoms with Gasteiger partial charge in [-0.2, -0.15) is 0 Å². The Kier molecular flexibility index (Phi) is 4.57. The monoisotopic (exact) mass is 380 g/mol. The molecule has 1 aliphatic heterocycles. The van der Waals surface area contributed by atoms with Gasteiger partial charge in [0, 0.05) is 23.5 Å². The second kappa shape index (κ2) is 7.19. The molecular weight excluding hydrogens is 363 g/mol. The summed E-state index contributed by atoms with van der Waals surface area (Å²) in [5.74, 6) is 0.785. The van der Waals surface area contributed by atoms with Gasteiger partial charge in [0.2, 0.25) is 6.86 Å². The lowest BCUT2D eigenvalue weighted by atomic mass is 10.0. The second-order valence-corrected chi connectivity index (χ2v) is 6.37. The van der Waals surface area contributed by atoms with Gasteiger partial charge < -0.3 is 14.8 Å². The SMILES string of the molecule is Cc1cc(=O)n(-c2ccc(OCF)cc2)cc1-c1ccc2c(c1)OCC(=O)N2. The van der Waals surface area contributed by atoms with E-state index in [-0.39, 0.29) is 18.1 Å². The Labute approximate surface area is 160 Å². The third-order valence-electron chi connectivity index (χ3n) is 4.52. The molecule has 1 aromatic heterocycles. The number of hydrogen-bond donors (Lipinski definition) is 1. The highest BCUT2D eigenvalue weighted by Gasteiger charge is 2.17. The van der Waals surface area contributed by atoms with Crippen molar-refractivity contribution in [2.75, 3.05) is 18.8 Å². The van der Waals surface area contributed by atoms with E-state index in [0.717, 1.165) is 16.7 Å². The second-order valence-electron chi connectivity index (χ2n) is 6.37. The number of alkyl halides is 1. The highest BCUT2D eigenvalue weighted by atomic mass is 19.1. The van der Waals surface area contributed by atoms with Gasteiger partial charge in [-0.3, -0.25) is 14.2 Å². The fourth-order valence-electron chi connectivity index (χ4n) is 3.14. The molecule has 2 aromatic carbocycles. The molecule has 28 heavy (non-hydrogen) atoms. The quantitative estimate of drug-likeness (QED) is 0.753. The summed E-state index contributed by atoms with van der Waals surface area (Å²) in [7, 11) is 0. The molecule has 7 heteroatoms. The molecule has 0 radical (unpaired) electrons. The highest BCUT2D eigenvalue weighted by Crippen LogP contribution is 2.33. The summed E-state index contributed by atoms with van der Waals surface area (Å²) in [4.78, 5) is 23.9.